The summed E-state index contributed by atoms with van der Waals surface area (Å²) in [4.78, 5) is 4.53. The standard InChI is InChI=1S/C22H22N2O5/c1-3-26-19-8-6-15(13-20(19)27-4-2)22-23-21(24-29-22)14-5-7-18-16(11-14)12-17(28-18)9-10-25/h5-8,11-13,25H,3-4,9-10H2,1-2H3. The average Bonchev–Trinajstić information content (AvgIpc) is 3.36. The summed E-state index contributed by atoms with van der Waals surface area (Å²) >= 11 is 0. The number of hydrogen-bond acceptors (Lipinski definition) is 7. The normalized spacial score (nSPS) is 11.1. The molecule has 0 spiro atoms. The van der Waals surface area contributed by atoms with Gasteiger partial charge in [-0.15, -0.1) is 0 Å². The van der Waals surface area contributed by atoms with Crippen molar-refractivity contribution in [2.45, 2.75) is 20.3 Å². The summed E-state index contributed by atoms with van der Waals surface area (Å²) in [6.45, 7) is 4.98. The van der Waals surface area contributed by atoms with E-state index in [4.69, 9.17) is 23.5 Å². The first-order valence-electron chi connectivity index (χ1n) is 9.59. The van der Waals surface area contributed by atoms with Crippen molar-refractivity contribution in [3.05, 3.63) is 48.2 Å². The van der Waals surface area contributed by atoms with E-state index in [1.807, 2.05) is 56.3 Å². The Hall–Kier alpha value is -3.32. The summed E-state index contributed by atoms with van der Waals surface area (Å²) in [5.41, 5.74) is 2.33. The van der Waals surface area contributed by atoms with E-state index in [2.05, 4.69) is 10.1 Å². The molecule has 7 nitrogen and oxygen atoms in total. The molecule has 7 heteroatoms. The number of ether oxygens (including phenoxy) is 2. The lowest BCUT2D eigenvalue weighted by Gasteiger charge is -2.11. The molecule has 0 fully saturated rings. The number of rotatable bonds is 8. The van der Waals surface area contributed by atoms with Crippen LogP contribution in [-0.2, 0) is 6.42 Å². The van der Waals surface area contributed by atoms with Crippen LogP contribution in [0.5, 0.6) is 11.5 Å². The Kier molecular flexibility index (Phi) is 5.48. The molecule has 1 N–H and O–H groups in total. The summed E-state index contributed by atoms with van der Waals surface area (Å²) in [6.07, 6.45) is 0.482. The molecular weight excluding hydrogens is 372 g/mol. The summed E-state index contributed by atoms with van der Waals surface area (Å²) in [5.74, 6) is 2.95. The molecule has 150 valence electrons. The van der Waals surface area contributed by atoms with Gasteiger partial charge < -0.3 is 23.5 Å². The molecule has 0 aliphatic heterocycles. The molecule has 4 rings (SSSR count). The molecule has 0 unspecified atom stereocenters. The van der Waals surface area contributed by atoms with Gasteiger partial charge in [-0.25, -0.2) is 0 Å². The van der Waals surface area contributed by atoms with E-state index in [9.17, 15) is 0 Å². The van der Waals surface area contributed by atoms with Gasteiger partial charge in [-0.05, 0) is 56.3 Å². The van der Waals surface area contributed by atoms with E-state index in [-0.39, 0.29) is 6.61 Å². The third-order valence-corrected chi connectivity index (χ3v) is 4.40. The quantitative estimate of drug-likeness (QED) is 0.471. The van der Waals surface area contributed by atoms with Gasteiger partial charge in [0, 0.05) is 22.9 Å². The van der Waals surface area contributed by atoms with Crippen LogP contribution in [0.15, 0.2) is 51.4 Å². The van der Waals surface area contributed by atoms with Gasteiger partial charge in [0.15, 0.2) is 11.5 Å². The number of hydrogen-bond donors (Lipinski definition) is 1. The zero-order chi connectivity index (χ0) is 20.2. The molecule has 0 radical (unpaired) electrons. The minimum absolute atomic E-state index is 0.0483. The smallest absolute Gasteiger partial charge is 0.258 e. The lowest BCUT2D eigenvalue weighted by Crippen LogP contribution is -1.98. The maximum Gasteiger partial charge on any atom is 0.258 e. The monoisotopic (exact) mass is 394 g/mol. The molecule has 2 aromatic carbocycles. The van der Waals surface area contributed by atoms with E-state index in [1.54, 1.807) is 0 Å². The van der Waals surface area contributed by atoms with Crippen LogP contribution in [0.4, 0.5) is 0 Å². The van der Waals surface area contributed by atoms with E-state index < -0.39 is 0 Å². The van der Waals surface area contributed by atoms with Gasteiger partial charge in [0.05, 0.1) is 19.8 Å². The van der Waals surface area contributed by atoms with Crippen LogP contribution in [0.3, 0.4) is 0 Å². The van der Waals surface area contributed by atoms with Gasteiger partial charge in [0.1, 0.15) is 11.3 Å². The second kappa shape index (κ2) is 8.36. The Labute approximate surface area is 167 Å². The number of benzene rings is 2. The molecule has 0 bridgehead atoms. The fourth-order valence-corrected chi connectivity index (χ4v) is 3.11. The van der Waals surface area contributed by atoms with Gasteiger partial charge >= 0.3 is 0 Å². The van der Waals surface area contributed by atoms with Gasteiger partial charge in [0.25, 0.3) is 5.89 Å². The van der Waals surface area contributed by atoms with Crippen molar-refractivity contribution in [1.29, 1.82) is 0 Å². The summed E-state index contributed by atoms with van der Waals surface area (Å²) in [5, 5.41) is 14.1. The number of aliphatic hydroxyl groups is 1. The predicted octanol–water partition coefficient (Wildman–Crippen LogP) is 4.48. The molecule has 0 aliphatic rings. The SMILES string of the molecule is CCOc1ccc(-c2nc(-c3ccc4oc(CCO)cc4c3)no2)cc1OCC. The van der Waals surface area contributed by atoms with Crippen LogP contribution in [0.2, 0.25) is 0 Å². The third-order valence-electron chi connectivity index (χ3n) is 4.40. The number of aromatic nitrogens is 2. The largest absolute Gasteiger partial charge is 0.490 e. The molecule has 29 heavy (non-hydrogen) atoms. The minimum Gasteiger partial charge on any atom is -0.490 e. The second-order valence-corrected chi connectivity index (χ2v) is 6.39. The van der Waals surface area contributed by atoms with Crippen molar-refractivity contribution in [3.8, 4) is 34.3 Å². The highest BCUT2D eigenvalue weighted by Crippen LogP contribution is 2.33. The Bertz CT molecular complexity index is 1120. The van der Waals surface area contributed by atoms with Gasteiger partial charge in [-0.3, -0.25) is 0 Å². The van der Waals surface area contributed by atoms with E-state index >= 15 is 0 Å². The Morgan fingerprint density at radius 2 is 1.72 bits per heavy atom. The van der Waals surface area contributed by atoms with Gasteiger partial charge in [-0.2, -0.15) is 4.98 Å². The van der Waals surface area contributed by atoms with Crippen LogP contribution in [0.25, 0.3) is 33.8 Å². The minimum atomic E-state index is 0.0483. The summed E-state index contributed by atoms with van der Waals surface area (Å²) < 4.78 is 22.4. The molecule has 2 aromatic heterocycles. The first kappa shape index (κ1) is 19.0. The van der Waals surface area contributed by atoms with Crippen molar-refractivity contribution in [3.63, 3.8) is 0 Å². The van der Waals surface area contributed by atoms with Crippen molar-refractivity contribution < 1.29 is 23.5 Å². The number of fused-ring (bicyclic) bond motifs is 1. The highest BCUT2D eigenvalue weighted by atomic mass is 16.5. The van der Waals surface area contributed by atoms with E-state index in [0.717, 1.165) is 27.9 Å². The Morgan fingerprint density at radius 3 is 2.52 bits per heavy atom. The fraction of sp³-hybridized carbons (Fsp3) is 0.273. The highest BCUT2D eigenvalue weighted by Gasteiger charge is 2.15. The van der Waals surface area contributed by atoms with Crippen molar-refractivity contribution in [1.82, 2.24) is 10.1 Å². The maximum atomic E-state index is 9.08. The van der Waals surface area contributed by atoms with Crippen LogP contribution in [0.1, 0.15) is 19.6 Å². The summed E-state index contributed by atoms with van der Waals surface area (Å²) in [7, 11) is 0. The molecule has 0 saturated heterocycles. The fourth-order valence-electron chi connectivity index (χ4n) is 3.11. The maximum absolute atomic E-state index is 9.08. The first-order chi connectivity index (χ1) is 14.2. The lowest BCUT2D eigenvalue weighted by atomic mass is 10.1. The first-order valence-corrected chi connectivity index (χ1v) is 9.59. The molecule has 0 amide bonds. The van der Waals surface area contributed by atoms with Crippen molar-refractivity contribution in [2.24, 2.45) is 0 Å². The van der Waals surface area contributed by atoms with Crippen LogP contribution < -0.4 is 9.47 Å². The molecule has 2 heterocycles. The number of nitrogens with zero attached hydrogens (tertiary/aromatic N) is 2. The highest BCUT2D eigenvalue weighted by molar-refractivity contribution is 5.83. The third kappa shape index (κ3) is 3.95. The average molecular weight is 394 g/mol. The molecule has 0 saturated carbocycles. The number of aliphatic hydroxyl groups excluding tert-OH is 1. The summed E-state index contributed by atoms with van der Waals surface area (Å²) in [6, 6.07) is 13.2. The molecule has 4 aromatic rings. The zero-order valence-electron chi connectivity index (χ0n) is 16.3. The molecule has 0 aliphatic carbocycles. The van der Waals surface area contributed by atoms with Gasteiger partial charge in [0.2, 0.25) is 5.82 Å². The van der Waals surface area contributed by atoms with E-state index in [0.29, 0.717) is 42.8 Å². The predicted molar refractivity (Wildman–Crippen MR) is 108 cm³/mol. The molecular formula is C22H22N2O5. The van der Waals surface area contributed by atoms with Crippen LogP contribution in [0, 0.1) is 0 Å². The van der Waals surface area contributed by atoms with Crippen molar-refractivity contribution >= 4 is 11.0 Å². The van der Waals surface area contributed by atoms with Crippen molar-refractivity contribution in [2.75, 3.05) is 19.8 Å². The lowest BCUT2D eigenvalue weighted by molar-refractivity contribution is 0.288. The van der Waals surface area contributed by atoms with E-state index in [1.165, 1.54) is 0 Å². The van der Waals surface area contributed by atoms with Crippen LogP contribution in [-0.4, -0.2) is 35.1 Å². The van der Waals surface area contributed by atoms with Gasteiger partial charge in [-0.1, -0.05) is 5.16 Å². The molecule has 0 atom stereocenters. The Morgan fingerprint density at radius 1 is 0.931 bits per heavy atom. The zero-order valence-corrected chi connectivity index (χ0v) is 16.3. The number of furan rings is 1. The van der Waals surface area contributed by atoms with Crippen LogP contribution >= 0.6 is 0 Å². The topological polar surface area (TPSA) is 90.8 Å². The Balaban J connectivity index is 1.64. The second-order valence-electron chi connectivity index (χ2n) is 6.39.